The number of piperazine rings is 1. The van der Waals surface area contributed by atoms with Gasteiger partial charge in [0.25, 0.3) is 0 Å². The lowest BCUT2D eigenvalue weighted by Crippen LogP contribution is -2.47. The molecule has 1 saturated heterocycles. The largest absolute Gasteiger partial charge is 0.493 e. The molecular formula is C21H21FN4O2. The summed E-state index contributed by atoms with van der Waals surface area (Å²) < 4.78 is 25.2. The minimum absolute atomic E-state index is 0.189. The molecule has 4 rings (SSSR count). The third-order valence-electron chi connectivity index (χ3n) is 4.71. The third-order valence-corrected chi connectivity index (χ3v) is 4.71. The zero-order valence-electron chi connectivity index (χ0n) is 15.6. The molecule has 2 aromatic carbocycles. The van der Waals surface area contributed by atoms with Gasteiger partial charge in [0.05, 0.1) is 12.8 Å². The summed E-state index contributed by atoms with van der Waals surface area (Å²) in [7, 11) is 1.60. The highest BCUT2D eigenvalue weighted by atomic mass is 19.1. The van der Waals surface area contributed by atoms with E-state index in [0.717, 1.165) is 18.9 Å². The number of nitrogens with zero attached hydrogens (tertiary/aromatic N) is 4. The summed E-state index contributed by atoms with van der Waals surface area (Å²) in [5.41, 5.74) is 0.644. The second kappa shape index (κ2) is 8.12. The van der Waals surface area contributed by atoms with Crippen LogP contribution in [0.4, 0.5) is 15.9 Å². The molecule has 0 aliphatic carbocycles. The standard InChI is InChI=1S/C21H21FN4O2/c1-27-18-8-4-5-9-19(18)28-21-14-20(23-15-24-21)26-12-10-25(11-13-26)17-7-3-2-6-16(17)22/h2-9,14-15H,10-13H2,1H3. The number of para-hydroxylation sites is 3. The molecule has 1 fully saturated rings. The fraction of sp³-hybridized carbons (Fsp3) is 0.238. The molecule has 1 aromatic heterocycles. The number of methoxy groups -OCH3 is 1. The maximum absolute atomic E-state index is 14.0. The average molecular weight is 380 g/mol. The molecular weight excluding hydrogens is 359 g/mol. The van der Waals surface area contributed by atoms with Gasteiger partial charge in [-0.1, -0.05) is 24.3 Å². The summed E-state index contributed by atoms with van der Waals surface area (Å²) in [5, 5.41) is 0. The van der Waals surface area contributed by atoms with Crippen molar-refractivity contribution in [2.24, 2.45) is 0 Å². The summed E-state index contributed by atoms with van der Waals surface area (Å²) in [4.78, 5) is 12.8. The molecule has 0 saturated carbocycles. The summed E-state index contributed by atoms with van der Waals surface area (Å²) in [6.45, 7) is 2.90. The smallest absolute Gasteiger partial charge is 0.224 e. The van der Waals surface area contributed by atoms with Gasteiger partial charge in [-0.3, -0.25) is 0 Å². The molecule has 0 atom stereocenters. The number of anilines is 2. The lowest BCUT2D eigenvalue weighted by Gasteiger charge is -2.36. The molecule has 0 bridgehead atoms. The normalized spacial score (nSPS) is 14.1. The van der Waals surface area contributed by atoms with Gasteiger partial charge in [-0.05, 0) is 24.3 Å². The van der Waals surface area contributed by atoms with Gasteiger partial charge < -0.3 is 19.3 Å². The van der Waals surface area contributed by atoms with E-state index in [9.17, 15) is 4.39 Å². The van der Waals surface area contributed by atoms with Gasteiger partial charge >= 0.3 is 0 Å². The fourth-order valence-electron chi connectivity index (χ4n) is 3.26. The Balaban J connectivity index is 1.45. The van der Waals surface area contributed by atoms with E-state index in [-0.39, 0.29) is 5.82 Å². The van der Waals surface area contributed by atoms with Gasteiger partial charge in [0.1, 0.15) is 18.0 Å². The summed E-state index contributed by atoms with van der Waals surface area (Å²) in [6, 6.07) is 16.1. The van der Waals surface area contributed by atoms with Crippen molar-refractivity contribution in [2.75, 3.05) is 43.1 Å². The summed E-state index contributed by atoms with van der Waals surface area (Å²) >= 11 is 0. The number of benzene rings is 2. The number of hydrogen-bond acceptors (Lipinski definition) is 6. The van der Waals surface area contributed by atoms with Crippen LogP contribution in [-0.4, -0.2) is 43.3 Å². The van der Waals surface area contributed by atoms with Crippen molar-refractivity contribution in [3.8, 4) is 17.4 Å². The van der Waals surface area contributed by atoms with Gasteiger partial charge in [0.15, 0.2) is 11.5 Å². The monoisotopic (exact) mass is 380 g/mol. The summed E-state index contributed by atoms with van der Waals surface area (Å²) in [5.74, 6) is 2.28. The molecule has 0 radical (unpaired) electrons. The van der Waals surface area contributed by atoms with Crippen LogP contribution in [0.3, 0.4) is 0 Å². The van der Waals surface area contributed by atoms with Crippen molar-refractivity contribution < 1.29 is 13.9 Å². The molecule has 0 N–H and O–H groups in total. The molecule has 1 aliphatic rings. The van der Waals surface area contributed by atoms with Crippen molar-refractivity contribution in [3.63, 3.8) is 0 Å². The predicted octanol–water partition coefficient (Wildman–Crippen LogP) is 3.74. The van der Waals surface area contributed by atoms with E-state index in [2.05, 4.69) is 19.8 Å². The fourth-order valence-corrected chi connectivity index (χ4v) is 3.26. The Kier molecular flexibility index (Phi) is 5.23. The lowest BCUT2D eigenvalue weighted by molar-refractivity contribution is 0.374. The van der Waals surface area contributed by atoms with Crippen LogP contribution in [0.25, 0.3) is 0 Å². The van der Waals surface area contributed by atoms with Crippen LogP contribution in [0.15, 0.2) is 60.9 Å². The van der Waals surface area contributed by atoms with Crippen LogP contribution in [-0.2, 0) is 0 Å². The Morgan fingerprint density at radius 3 is 2.29 bits per heavy atom. The van der Waals surface area contributed by atoms with Crippen LogP contribution in [0.2, 0.25) is 0 Å². The SMILES string of the molecule is COc1ccccc1Oc1cc(N2CCN(c3ccccc3F)CC2)ncn1. The molecule has 3 aromatic rings. The van der Waals surface area contributed by atoms with Crippen LogP contribution in [0.1, 0.15) is 0 Å². The maximum atomic E-state index is 14.0. The van der Waals surface area contributed by atoms with Gasteiger partial charge in [0, 0.05) is 32.2 Å². The molecule has 144 valence electrons. The van der Waals surface area contributed by atoms with Crippen LogP contribution in [0, 0.1) is 5.82 Å². The first-order chi connectivity index (χ1) is 13.7. The minimum Gasteiger partial charge on any atom is -0.493 e. The summed E-state index contributed by atoms with van der Waals surface area (Å²) in [6.07, 6.45) is 1.49. The van der Waals surface area contributed by atoms with Crippen molar-refractivity contribution >= 4 is 11.5 Å². The second-order valence-corrected chi connectivity index (χ2v) is 6.39. The minimum atomic E-state index is -0.189. The second-order valence-electron chi connectivity index (χ2n) is 6.39. The average Bonchev–Trinajstić information content (AvgIpc) is 2.75. The Morgan fingerprint density at radius 1 is 0.857 bits per heavy atom. The molecule has 0 unspecified atom stereocenters. The topological polar surface area (TPSA) is 50.7 Å². The van der Waals surface area contributed by atoms with E-state index in [1.807, 2.05) is 42.5 Å². The predicted molar refractivity (Wildman–Crippen MR) is 106 cm³/mol. The van der Waals surface area contributed by atoms with E-state index in [1.165, 1.54) is 12.4 Å². The Labute approximate surface area is 163 Å². The van der Waals surface area contributed by atoms with Crippen LogP contribution < -0.4 is 19.3 Å². The van der Waals surface area contributed by atoms with Gasteiger partial charge in [-0.15, -0.1) is 0 Å². The molecule has 7 heteroatoms. The Bertz CT molecular complexity index is 945. The highest BCUT2D eigenvalue weighted by Crippen LogP contribution is 2.31. The van der Waals surface area contributed by atoms with Crippen molar-refractivity contribution in [1.29, 1.82) is 0 Å². The van der Waals surface area contributed by atoms with Gasteiger partial charge in [-0.25, -0.2) is 14.4 Å². The highest BCUT2D eigenvalue weighted by Gasteiger charge is 2.21. The van der Waals surface area contributed by atoms with Crippen molar-refractivity contribution in [2.45, 2.75) is 0 Å². The van der Waals surface area contributed by atoms with E-state index >= 15 is 0 Å². The first-order valence-corrected chi connectivity index (χ1v) is 9.12. The first kappa shape index (κ1) is 18.0. The van der Waals surface area contributed by atoms with Crippen molar-refractivity contribution in [1.82, 2.24) is 9.97 Å². The third kappa shape index (κ3) is 3.83. The molecule has 28 heavy (non-hydrogen) atoms. The first-order valence-electron chi connectivity index (χ1n) is 9.12. The Hall–Kier alpha value is -3.35. The number of hydrogen-bond donors (Lipinski definition) is 0. The van der Waals surface area contributed by atoms with Crippen molar-refractivity contribution in [3.05, 3.63) is 66.7 Å². The number of rotatable bonds is 5. The van der Waals surface area contributed by atoms with E-state index in [1.54, 1.807) is 13.2 Å². The lowest BCUT2D eigenvalue weighted by atomic mass is 10.2. The number of ether oxygens (including phenoxy) is 2. The van der Waals surface area contributed by atoms with Gasteiger partial charge in [0.2, 0.25) is 5.88 Å². The van der Waals surface area contributed by atoms with Crippen LogP contribution >= 0.6 is 0 Å². The molecule has 1 aliphatic heterocycles. The molecule has 0 amide bonds. The number of halogens is 1. The highest BCUT2D eigenvalue weighted by molar-refractivity contribution is 5.51. The van der Waals surface area contributed by atoms with Gasteiger partial charge in [-0.2, -0.15) is 0 Å². The van der Waals surface area contributed by atoms with Crippen LogP contribution in [0.5, 0.6) is 17.4 Å². The maximum Gasteiger partial charge on any atom is 0.224 e. The van der Waals surface area contributed by atoms with E-state index in [4.69, 9.17) is 9.47 Å². The van der Waals surface area contributed by atoms with E-state index in [0.29, 0.717) is 36.2 Å². The van der Waals surface area contributed by atoms with E-state index < -0.39 is 0 Å². The molecule has 6 nitrogen and oxygen atoms in total. The zero-order chi connectivity index (χ0) is 19.3. The molecule has 2 heterocycles. The Morgan fingerprint density at radius 2 is 1.54 bits per heavy atom. The quantitative estimate of drug-likeness (QED) is 0.672. The zero-order valence-corrected chi connectivity index (χ0v) is 15.6. The number of aromatic nitrogens is 2. The molecule has 0 spiro atoms.